The van der Waals surface area contributed by atoms with Crippen LogP contribution in [-0.2, 0) is 20.7 Å². The number of allylic oxidation sites excluding steroid dienone is 1. The first kappa shape index (κ1) is 24.6. The lowest BCUT2D eigenvalue weighted by atomic mass is 9.85. The van der Waals surface area contributed by atoms with Gasteiger partial charge in [-0.1, -0.05) is 54.6 Å². The molecular formula is C28H26O6S. The standard InChI is InChI=1S/C28H26O6S/c29-23(17-24-10-5-15-35-24)13-11-22-12-14-25(30)28(22,18-26(31)32)34-27(33)21-9-4-8-20(16-21)19-6-2-1-3-7-19/h1-11,13,15-16,22,25,30H,12,14,17-18H2,(H,31,32). The fourth-order valence-electron chi connectivity index (χ4n) is 4.55. The number of carbonyl (C=O) groups excluding carboxylic acids is 2. The summed E-state index contributed by atoms with van der Waals surface area (Å²) in [4.78, 5) is 38.3. The second-order valence-corrected chi connectivity index (χ2v) is 9.68. The van der Waals surface area contributed by atoms with Gasteiger partial charge in [0.25, 0.3) is 0 Å². The number of carboxylic acid groups (broad SMARTS) is 1. The molecule has 1 aromatic heterocycles. The molecule has 1 heterocycles. The summed E-state index contributed by atoms with van der Waals surface area (Å²) < 4.78 is 5.82. The van der Waals surface area contributed by atoms with E-state index in [9.17, 15) is 24.6 Å². The third-order valence-corrected chi connectivity index (χ3v) is 7.18. The number of aliphatic hydroxyl groups excluding tert-OH is 1. The Labute approximate surface area is 207 Å². The van der Waals surface area contributed by atoms with Crippen LogP contribution in [0.2, 0.25) is 0 Å². The molecule has 3 atom stereocenters. The van der Waals surface area contributed by atoms with Gasteiger partial charge in [-0.2, -0.15) is 0 Å². The van der Waals surface area contributed by atoms with Gasteiger partial charge in [0.1, 0.15) is 0 Å². The fourth-order valence-corrected chi connectivity index (χ4v) is 5.27. The second kappa shape index (κ2) is 10.8. The van der Waals surface area contributed by atoms with Crippen molar-refractivity contribution in [1.82, 2.24) is 0 Å². The quantitative estimate of drug-likeness (QED) is 0.326. The average Bonchev–Trinajstić information content (AvgIpc) is 3.46. The molecule has 3 aromatic rings. The number of benzene rings is 2. The average molecular weight is 491 g/mol. The monoisotopic (exact) mass is 490 g/mol. The van der Waals surface area contributed by atoms with Crippen LogP contribution in [0.25, 0.3) is 11.1 Å². The summed E-state index contributed by atoms with van der Waals surface area (Å²) in [5.74, 6) is -2.66. The second-order valence-electron chi connectivity index (χ2n) is 8.64. The minimum Gasteiger partial charge on any atom is -0.481 e. The van der Waals surface area contributed by atoms with E-state index in [1.54, 1.807) is 24.3 Å². The van der Waals surface area contributed by atoms with Gasteiger partial charge in [-0.15, -0.1) is 11.3 Å². The molecule has 35 heavy (non-hydrogen) atoms. The van der Waals surface area contributed by atoms with E-state index in [1.165, 1.54) is 17.4 Å². The third-order valence-electron chi connectivity index (χ3n) is 6.30. The van der Waals surface area contributed by atoms with Gasteiger partial charge in [0.05, 0.1) is 18.1 Å². The molecule has 3 unspecified atom stereocenters. The third kappa shape index (κ3) is 5.75. The van der Waals surface area contributed by atoms with Gasteiger partial charge in [0, 0.05) is 17.2 Å². The first-order valence-electron chi connectivity index (χ1n) is 11.4. The summed E-state index contributed by atoms with van der Waals surface area (Å²) in [6.45, 7) is 0. The van der Waals surface area contributed by atoms with Crippen LogP contribution in [0, 0.1) is 5.92 Å². The largest absolute Gasteiger partial charge is 0.481 e. The van der Waals surface area contributed by atoms with Gasteiger partial charge in [0.2, 0.25) is 0 Å². The molecule has 0 bridgehead atoms. The molecule has 180 valence electrons. The maximum atomic E-state index is 13.2. The Morgan fingerprint density at radius 2 is 1.77 bits per heavy atom. The number of aliphatic carboxylic acids is 1. The number of hydrogen-bond donors (Lipinski definition) is 2. The van der Waals surface area contributed by atoms with E-state index in [2.05, 4.69) is 0 Å². The topological polar surface area (TPSA) is 101 Å². The zero-order valence-corrected chi connectivity index (χ0v) is 19.8. The van der Waals surface area contributed by atoms with Crippen LogP contribution in [-0.4, -0.2) is 39.6 Å². The van der Waals surface area contributed by atoms with Crippen molar-refractivity contribution < 1.29 is 29.3 Å². The molecule has 0 saturated heterocycles. The molecule has 2 N–H and O–H groups in total. The normalized spacial score (nSPS) is 21.7. The zero-order valence-electron chi connectivity index (χ0n) is 19.0. The van der Waals surface area contributed by atoms with E-state index >= 15 is 0 Å². The maximum absolute atomic E-state index is 13.2. The molecule has 0 aliphatic heterocycles. The van der Waals surface area contributed by atoms with Crippen LogP contribution in [0.1, 0.15) is 34.5 Å². The van der Waals surface area contributed by atoms with Crippen LogP contribution in [0.15, 0.2) is 84.3 Å². The predicted molar refractivity (Wildman–Crippen MR) is 133 cm³/mol. The van der Waals surface area contributed by atoms with Gasteiger partial charge < -0.3 is 14.9 Å². The smallest absolute Gasteiger partial charge is 0.338 e. The highest BCUT2D eigenvalue weighted by molar-refractivity contribution is 7.10. The number of hydrogen-bond acceptors (Lipinski definition) is 6. The van der Waals surface area contributed by atoms with Crippen molar-refractivity contribution in [2.75, 3.05) is 0 Å². The lowest BCUT2D eigenvalue weighted by molar-refractivity contribution is -0.150. The van der Waals surface area contributed by atoms with Gasteiger partial charge >= 0.3 is 11.9 Å². The van der Waals surface area contributed by atoms with E-state index in [0.29, 0.717) is 6.42 Å². The minimum absolute atomic E-state index is 0.139. The summed E-state index contributed by atoms with van der Waals surface area (Å²) in [7, 11) is 0. The summed E-state index contributed by atoms with van der Waals surface area (Å²) in [5, 5.41) is 22.3. The Morgan fingerprint density at radius 3 is 2.49 bits per heavy atom. The molecule has 6 nitrogen and oxygen atoms in total. The zero-order chi connectivity index (χ0) is 24.8. The fraction of sp³-hybridized carbons (Fsp3) is 0.250. The molecule has 4 rings (SSSR count). The van der Waals surface area contributed by atoms with Crippen molar-refractivity contribution in [3.63, 3.8) is 0 Å². The SMILES string of the molecule is O=C(O)CC1(OC(=O)c2cccc(-c3ccccc3)c2)C(O)CCC1C=CC(=O)Cc1cccs1. The molecular weight excluding hydrogens is 464 g/mol. The first-order chi connectivity index (χ1) is 16.9. The number of esters is 1. The minimum atomic E-state index is -1.66. The van der Waals surface area contributed by atoms with Crippen molar-refractivity contribution >= 4 is 29.1 Å². The highest BCUT2D eigenvalue weighted by Gasteiger charge is 2.53. The number of aliphatic hydroxyl groups is 1. The number of rotatable bonds is 9. The van der Waals surface area contributed by atoms with Gasteiger partial charge in [-0.3, -0.25) is 9.59 Å². The summed E-state index contributed by atoms with van der Waals surface area (Å²) in [6.07, 6.45) is 2.16. The van der Waals surface area contributed by atoms with Crippen LogP contribution in [0.4, 0.5) is 0 Å². The molecule has 2 aromatic carbocycles. The molecule has 0 amide bonds. The summed E-state index contributed by atoms with van der Waals surface area (Å²) in [5.41, 5.74) is 0.334. The lowest BCUT2D eigenvalue weighted by Gasteiger charge is -2.35. The van der Waals surface area contributed by atoms with Crippen LogP contribution in [0.5, 0.6) is 0 Å². The maximum Gasteiger partial charge on any atom is 0.338 e. The molecule has 0 radical (unpaired) electrons. The van der Waals surface area contributed by atoms with E-state index in [0.717, 1.165) is 16.0 Å². The van der Waals surface area contributed by atoms with Crippen molar-refractivity contribution in [2.24, 2.45) is 5.92 Å². The highest BCUT2D eigenvalue weighted by atomic mass is 32.1. The van der Waals surface area contributed by atoms with Gasteiger partial charge in [-0.05, 0) is 53.6 Å². The van der Waals surface area contributed by atoms with Crippen molar-refractivity contribution in [1.29, 1.82) is 0 Å². The molecule has 0 spiro atoms. The van der Waals surface area contributed by atoms with E-state index in [1.807, 2.05) is 53.9 Å². The molecule has 1 saturated carbocycles. The van der Waals surface area contributed by atoms with Crippen molar-refractivity contribution in [3.8, 4) is 11.1 Å². The number of thiophene rings is 1. The Kier molecular flexibility index (Phi) is 7.58. The van der Waals surface area contributed by atoms with E-state index < -0.39 is 36.0 Å². The van der Waals surface area contributed by atoms with E-state index in [4.69, 9.17) is 4.74 Å². The van der Waals surface area contributed by atoms with Crippen LogP contribution in [0.3, 0.4) is 0 Å². The Bertz CT molecular complexity index is 1220. The number of ether oxygens (including phenoxy) is 1. The lowest BCUT2D eigenvalue weighted by Crippen LogP contribution is -2.48. The highest BCUT2D eigenvalue weighted by Crippen LogP contribution is 2.43. The van der Waals surface area contributed by atoms with Crippen molar-refractivity contribution in [3.05, 3.63) is 94.7 Å². The summed E-state index contributed by atoms with van der Waals surface area (Å²) in [6, 6.07) is 20.2. The van der Waals surface area contributed by atoms with E-state index in [-0.39, 0.29) is 24.2 Å². The Morgan fingerprint density at radius 1 is 1.00 bits per heavy atom. The number of carboxylic acids is 1. The number of carbonyl (C=O) groups is 3. The molecule has 1 aliphatic carbocycles. The molecule has 1 fully saturated rings. The number of ketones is 1. The summed E-state index contributed by atoms with van der Waals surface area (Å²) >= 11 is 1.48. The molecule has 7 heteroatoms. The van der Waals surface area contributed by atoms with Gasteiger partial charge in [-0.25, -0.2) is 4.79 Å². The van der Waals surface area contributed by atoms with Crippen LogP contribution < -0.4 is 0 Å². The van der Waals surface area contributed by atoms with Crippen LogP contribution >= 0.6 is 11.3 Å². The predicted octanol–water partition coefficient (Wildman–Crippen LogP) is 4.92. The first-order valence-corrected chi connectivity index (χ1v) is 12.3. The van der Waals surface area contributed by atoms with Crippen molar-refractivity contribution in [2.45, 2.75) is 37.4 Å². The Balaban J connectivity index is 1.58. The molecule has 1 aliphatic rings. The Hall–Kier alpha value is -3.55. The van der Waals surface area contributed by atoms with Gasteiger partial charge in [0.15, 0.2) is 11.4 Å².